The van der Waals surface area contributed by atoms with E-state index in [4.69, 9.17) is 0 Å². The van der Waals surface area contributed by atoms with Crippen LogP contribution >= 0.6 is 7.55 Å². The van der Waals surface area contributed by atoms with Gasteiger partial charge in [-0.3, -0.25) is 0 Å². The molecule has 0 aromatic carbocycles. The van der Waals surface area contributed by atoms with Crippen molar-refractivity contribution in [1.29, 1.82) is 0 Å². The second-order valence-electron chi connectivity index (χ2n) is 1.08. The molecule has 0 saturated carbocycles. The Morgan fingerprint density at radius 1 is 1.75 bits per heavy atom. The predicted octanol–water partition coefficient (Wildman–Crippen LogP) is 1.41. The molecule has 0 aromatic rings. The average Bonchev–Trinajstić information content (AvgIpc) is 0.811. The molecule has 0 aromatic heterocycles. The van der Waals surface area contributed by atoms with E-state index in [0.29, 0.717) is 0 Å². The van der Waals surface area contributed by atoms with E-state index in [0.717, 1.165) is 0 Å². The third-order valence-corrected chi connectivity index (χ3v) is 0. The van der Waals surface area contributed by atoms with Gasteiger partial charge in [0.05, 0.1) is 27.2 Å². The minimum atomic E-state index is 0. The van der Waals surface area contributed by atoms with E-state index < -0.39 is 0 Å². The first-order valence-electron chi connectivity index (χ1n) is 1.21. The van der Waals surface area contributed by atoms with Gasteiger partial charge in [0.1, 0.15) is 0 Å². The van der Waals surface area contributed by atoms with Gasteiger partial charge in [-0.05, 0) is 0 Å². The Balaban J connectivity index is 0. The zero-order valence-corrected chi connectivity index (χ0v) is 4.05. The molecule has 0 radical (unpaired) electrons. The van der Waals surface area contributed by atoms with Crippen LogP contribution in [-0.4, -0.2) is 19.6 Å². The quantitative estimate of drug-likeness (QED) is 0.383. The SMILES string of the molecule is C=[P+](C)C.[HH]. The van der Waals surface area contributed by atoms with Gasteiger partial charge < -0.3 is 0 Å². The van der Waals surface area contributed by atoms with Crippen LogP contribution in [0.5, 0.6) is 0 Å². The number of rotatable bonds is 0. The summed E-state index contributed by atoms with van der Waals surface area (Å²) >= 11 is 0. The van der Waals surface area contributed by atoms with E-state index >= 15 is 0 Å². The average molecular weight is 77.1 g/mol. The van der Waals surface area contributed by atoms with Crippen molar-refractivity contribution in [2.24, 2.45) is 0 Å². The van der Waals surface area contributed by atoms with Crippen molar-refractivity contribution in [3.63, 3.8) is 0 Å². The first-order valence-corrected chi connectivity index (χ1v) is 3.63. The molecule has 0 spiro atoms. The normalized spacial score (nSPS) is 6.50. The lowest BCUT2D eigenvalue weighted by Crippen LogP contribution is -1.35. The van der Waals surface area contributed by atoms with E-state index in [1.165, 1.54) is 0 Å². The van der Waals surface area contributed by atoms with Crippen LogP contribution in [0.4, 0.5) is 0 Å². The van der Waals surface area contributed by atoms with E-state index in [9.17, 15) is 0 Å². The van der Waals surface area contributed by atoms with Crippen molar-refractivity contribution in [1.82, 2.24) is 0 Å². The van der Waals surface area contributed by atoms with E-state index in [1.54, 1.807) is 0 Å². The predicted molar refractivity (Wildman–Crippen MR) is 28.0 cm³/mol. The molecular formula is C3H10P+. The van der Waals surface area contributed by atoms with Crippen molar-refractivity contribution < 1.29 is 1.43 Å². The zero-order valence-electron chi connectivity index (χ0n) is 3.15. The topological polar surface area (TPSA) is 0 Å². The summed E-state index contributed by atoms with van der Waals surface area (Å²) in [6.45, 7) is 4.24. The second-order valence-corrected chi connectivity index (χ2v) is 3.24. The van der Waals surface area contributed by atoms with Crippen molar-refractivity contribution in [2.45, 2.75) is 0 Å². The number of hydrogen-bond donors (Lipinski definition) is 0. The minimum absolute atomic E-state index is 0. The van der Waals surface area contributed by atoms with Gasteiger partial charge in [0.15, 0.2) is 0 Å². The molecule has 0 nitrogen and oxygen atoms in total. The first-order chi connectivity index (χ1) is 1.73. The Morgan fingerprint density at radius 3 is 1.75 bits per heavy atom. The highest BCUT2D eigenvalue weighted by molar-refractivity contribution is 7.54. The molecule has 0 N–H and O–H groups in total. The highest BCUT2D eigenvalue weighted by Gasteiger charge is 1.67. The zero-order chi connectivity index (χ0) is 3.58. The lowest BCUT2D eigenvalue weighted by Gasteiger charge is -1.49. The van der Waals surface area contributed by atoms with Gasteiger partial charge in [-0.1, -0.05) is 0 Å². The van der Waals surface area contributed by atoms with Gasteiger partial charge in [-0.2, -0.15) is 0 Å². The Bertz CT molecular complexity index is 29.9. The minimum Gasteiger partial charge on any atom is 0 e. The highest BCUT2D eigenvalue weighted by atomic mass is 31.1. The maximum Gasteiger partial charge on any atom is 0.0951 e. The molecule has 1 heteroatoms. The fourth-order valence-corrected chi connectivity index (χ4v) is 0. The van der Waals surface area contributed by atoms with Crippen LogP contribution in [-0.2, 0) is 0 Å². The fourth-order valence-electron chi connectivity index (χ4n) is 0. The fraction of sp³-hybridized carbons (Fsp3) is 0.667. The summed E-state index contributed by atoms with van der Waals surface area (Å²) in [5.74, 6) is 0. The Morgan fingerprint density at radius 2 is 1.75 bits per heavy atom. The van der Waals surface area contributed by atoms with Crippen molar-refractivity contribution in [2.75, 3.05) is 13.3 Å². The summed E-state index contributed by atoms with van der Waals surface area (Å²) in [6, 6.07) is 0. The maximum absolute atomic E-state index is 3.70. The van der Waals surface area contributed by atoms with Crippen LogP contribution in [0.15, 0.2) is 0 Å². The summed E-state index contributed by atoms with van der Waals surface area (Å²) in [5.41, 5.74) is 0. The molecule has 0 bridgehead atoms. The van der Waals surface area contributed by atoms with Crippen molar-refractivity contribution >= 4 is 13.8 Å². The standard InChI is InChI=1S/C3H8P.H2/c1-4(2)3;/h1H2,2-3H3;1H/q+1;. The van der Waals surface area contributed by atoms with Crippen LogP contribution in [0.1, 0.15) is 1.43 Å². The third kappa shape index (κ3) is 103. The van der Waals surface area contributed by atoms with Crippen LogP contribution in [0, 0.1) is 0 Å². The van der Waals surface area contributed by atoms with Gasteiger partial charge in [0, 0.05) is 1.43 Å². The second kappa shape index (κ2) is 1.49. The Labute approximate surface area is 29.7 Å². The molecule has 0 amide bonds. The molecule has 0 aliphatic heterocycles. The van der Waals surface area contributed by atoms with Crippen LogP contribution in [0.3, 0.4) is 0 Å². The van der Waals surface area contributed by atoms with Crippen molar-refractivity contribution in [3.05, 3.63) is 0 Å². The summed E-state index contributed by atoms with van der Waals surface area (Å²) < 4.78 is 0. The highest BCUT2D eigenvalue weighted by Crippen LogP contribution is 1.99. The molecule has 26 valence electrons. The van der Waals surface area contributed by atoms with Gasteiger partial charge in [0.25, 0.3) is 0 Å². The van der Waals surface area contributed by atoms with Gasteiger partial charge in [-0.25, -0.2) is 0 Å². The molecule has 0 aliphatic rings. The molecular weight excluding hydrogens is 67.0 g/mol. The summed E-state index contributed by atoms with van der Waals surface area (Å²) in [4.78, 5) is 0. The monoisotopic (exact) mass is 77.1 g/mol. The summed E-state index contributed by atoms with van der Waals surface area (Å²) in [6.07, 6.45) is 3.70. The summed E-state index contributed by atoms with van der Waals surface area (Å²) in [7, 11) is 0.130. The van der Waals surface area contributed by atoms with Crippen molar-refractivity contribution in [3.8, 4) is 0 Å². The van der Waals surface area contributed by atoms with Gasteiger partial charge >= 0.3 is 0 Å². The number of hydrogen-bond acceptors (Lipinski definition) is 0. The smallest absolute Gasteiger partial charge is 0 e. The first kappa shape index (κ1) is 4.17. The lowest BCUT2D eigenvalue weighted by atomic mass is 11.9. The van der Waals surface area contributed by atoms with Crippen LogP contribution in [0.2, 0.25) is 0 Å². The van der Waals surface area contributed by atoms with E-state index in [-0.39, 0.29) is 8.97 Å². The van der Waals surface area contributed by atoms with Crippen LogP contribution in [0.25, 0.3) is 0 Å². The third-order valence-electron chi connectivity index (χ3n) is 0. The maximum atomic E-state index is 3.70. The largest absolute Gasteiger partial charge is 0.0951 e. The Kier molecular flexibility index (Phi) is 1.55. The molecule has 4 heavy (non-hydrogen) atoms. The van der Waals surface area contributed by atoms with Gasteiger partial charge in [0.2, 0.25) is 0 Å². The molecule has 0 fully saturated rings. The van der Waals surface area contributed by atoms with E-state index in [2.05, 4.69) is 19.6 Å². The molecule has 0 atom stereocenters. The molecule has 0 aliphatic carbocycles. The molecule has 0 heterocycles. The summed E-state index contributed by atoms with van der Waals surface area (Å²) in [5, 5.41) is 0. The van der Waals surface area contributed by atoms with E-state index in [1.807, 2.05) is 0 Å². The lowest BCUT2D eigenvalue weighted by molar-refractivity contribution is 2.30. The van der Waals surface area contributed by atoms with Gasteiger partial charge in [-0.15, -0.1) is 0 Å². The molecule has 0 saturated heterocycles. The molecule has 0 rings (SSSR count). The Hall–Kier alpha value is 0.170. The van der Waals surface area contributed by atoms with Crippen LogP contribution < -0.4 is 0 Å². The molecule has 0 unspecified atom stereocenters.